The Morgan fingerprint density at radius 1 is 1.13 bits per heavy atom. The van der Waals surface area contributed by atoms with Crippen molar-refractivity contribution in [3.05, 3.63) is 70.8 Å². The summed E-state index contributed by atoms with van der Waals surface area (Å²) in [5.41, 5.74) is 4.94. The lowest BCUT2D eigenvalue weighted by Gasteiger charge is -2.17. The first kappa shape index (κ1) is 21.9. The molecule has 0 radical (unpaired) electrons. The average Bonchev–Trinajstić information content (AvgIpc) is 3.15. The van der Waals surface area contributed by atoms with Gasteiger partial charge in [-0.3, -0.25) is 4.79 Å². The lowest BCUT2D eigenvalue weighted by atomic mass is 10.0. The predicted octanol–water partition coefficient (Wildman–Crippen LogP) is 3.98. The highest BCUT2D eigenvalue weighted by atomic mass is 16.2. The van der Waals surface area contributed by atoms with E-state index in [2.05, 4.69) is 79.9 Å². The molecule has 1 heterocycles. The van der Waals surface area contributed by atoms with E-state index in [1.807, 2.05) is 4.90 Å². The van der Waals surface area contributed by atoms with Gasteiger partial charge in [0.15, 0.2) is 5.96 Å². The molecular weight excluding hydrogens is 372 g/mol. The van der Waals surface area contributed by atoms with Crippen molar-refractivity contribution >= 4 is 11.9 Å². The van der Waals surface area contributed by atoms with Gasteiger partial charge in [0.2, 0.25) is 5.91 Å². The van der Waals surface area contributed by atoms with Crippen LogP contribution in [0.4, 0.5) is 0 Å². The van der Waals surface area contributed by atoms with Crippen LogP contribution in [0.25, 0.3) is 0 Å². The fraction of sp³-hybridized carbons (Fsp3) is 0.440. The lowest BCUT2D eigenvalue weighted by molar-refractivity contribution is -0.128. The second-order valence-corrected chi connectivity index (χ2v) is 8.13. The minimum atomic E-state index is 0.264. The van der Waals surface area contributed by atoms with Gasteiger partial charge in [-0.25, -0.2) is 4.99 Å². The van der Waals surface area contributed by atoms with Crippen LogP contribution in [-0.4, -0.2) is 36.4 Å². The second-order valence-electron chi connectivity index (χ2n) is 8.13. The smallest absolute Gasteiger partial charge is 0.222 e. The number of nitrogens with zero attached hydrogens (tertiary/aromatic N) is 2. The summed E-state index contributed by atoms with van der Waals surface area (Å²) >= 11 is 0. The molecule has 0 aromatic heterocycles. The van der Waals surface area contributed by atoms with Gasteiger partial charge < -0.3 is 15.5 Å². The Bertz CT molecular complexity index is 860. The normalized spacial score (nSPS) is 15.4. The van der Waals surface area contributed by atoms with Gasteiger partial charge in [-0.15, -0.1) is 0 Å². The number of benzene rings is 2. The first-order chi connectivity index (χ1) is 14.5. The molecule has 30 heavy (non-hydrogen) atoms. The van der Waals surface area contributed by atoms with E-state index < -0.39 is 0 Å². The summed E-state index contributed by atoms with van der Waals surface area (Å²) in [6, 6.07) is 17.1. The van der Waals surface area contributed by atoms with E-state index in [1.54, 1.807) is 0 Å². The Kier molecular flexibility index (Phi) is 7.89. The highest BCUT2D eigenvalue weighted by Gasteiger charge is 2.19. The monoisotopic (exact) mass is 406 g/mol. The van der Waals surface area contributed by atoms with Gasteiger partial charge in [0, 0.05) is 32.6 Å². The molecule has 0 spiro atoms. The third kappa shape index (κ3) is 6.34. The summed E-state index contributed by atoms with van der Waals surface area (Å²) in [6.45, 7) is 10.2. The van der Waals surface area contributed by atoms with E-state index in [-0.39, 0.29) is 5.91 Å². The second kappa shape index (κ2) is 10.8. The molecule has 0 bridgehead atoms. The van der Waals surface area contributed by atoms with Crippen molar-refractivity contribution in [2.75, 3.05) is 19.6 Å². The van der Waals surface area contributed by atoms with Crippen molar-refractivity contribution in [2.24, 2.45) is 4.99 Å². The van der Waals surface area contributed by atoms with Gasteiger partial charge in [-0.1, -0.05) is 61.0 Å². The van der Waals surface area contributed by atoms with E-state index in [0.717, 1.165) is 37.6 Å². The van der Waals surface area contributed by atoms with Gasteiger partial charge in [-0.05, 0) is 42.9 Å². The van der Waals surface area contributed by atoms with Gasteiger partial charge >= 0.3 is 0 Å². The van der Waals surface area contributed by atoms with Crippen LogP contribution in [0.1, 0.15) is 54.9 Å². The van der Waals surface area contributed by atoms with Crippen LogP contribution in [0, 0.1) is 6.92 Å². The first-order valence-electron chi connectivity index (χ1n) is 11.0. The summed E-state index contributed by atoms with van der Waals surface area (Å²) in [5.74, 6) is 1.49. The van der Waals surface area contributed by atoms with Crippen molar-refractivity contribution in [3.63, 3.8) is 0 Å². The maximum Gasteiger partial charge on any atom is 0.222 e. The van der Waals surface area contributed by atoms with E-state index in [9.17, 15) is 4.79 Å². The molecule has 0 aliphatic carbocycles. The first-order valence-corrected chi connectivity index (χ1v) is 11.0. The van der Waals surface area contributed by atoms with E-state index >= 15 is 0 Å². The van der Waals surface area contributed by atoms with Crippen molar-refractivity contribution < 1.29 is 4.79 Å². The molecule has 5 nitrogen and oxygen atoms in total. The summed E-state index contributed by atoms with van der Waals surface area (Å²) < 4.78 is 0. The number of carbonyl (C=O) groups is 1. The molecular formula is C25H34N4O. The van der Waals surface area contributed by atoms with E-state index in [0.29, 0.717) is 25.4 Å². The van der Waals surface area contributed by atoms with Crippen LogP contribution >= 0.6 is 0 Å². The molecule has 2 N–H and O–H groups in total. The molecule has 1 unspecified atom stereocenters. The van der Waals surface area contributed by atoms with Crippen LogP contribution in [0.2, 0.25) is 0 Å². The van der Waals surface area contributed by atoms with Crippen molar-refractivity contribution in [1.29, 1.82) is 0 Å². The average molecular weight is 407 g/mol. The minimum absolute atomic E-state index is 0.264. The number of hydrogen-bond donors (Lipinski definition) is 2. The zero-order valence-electron chi connectivity index (χ0n) is 18.4. The molecule has 1 fully saturated rings. The van der Waals surface area contributed by atoms with Gasteiger partial charge in [-0.2, -0.15) is 0 Å². The summed E-state index contributed by atoms with van der Waals surface area (Å²) in [4.78, 5) is 18.6. The summed E-state index contributed by atoms with van der Waals surface area (Å²) in [5, 5.41) is 6.80. The zero-order chi connectivity index (χ0) is 21.3. The number of hydrogen-bond acceptors (Lipinski definition) is 2. The van der Waals surface area contributed by atoms with Crippen molar-refractivity contribution in [3.8, 4) is 0 Å². The number of nitrogens with one attached hydrogen (secondary N) is 2. The quantitative estimate of drug-likeness (QED) is 0.515. The number of carbonyl (C=O) groups excluding carboxylic acids is 1. The van der Waals surface area contributed by atoms with Crippen LogP contribution in [0.15, 0.2) is 53.5 Å². The number of aliphatic imine (C=N–C) groups is 1. The fourth-order valence-corrected chi connectivity index (χ4v) is 3.69. The van der Waals surface area contributed by atoms with Gasteiger partial charge in [0.05, 0.1) is 6.54 Å². The molecule has 1 atom stereocenters. The Hall–Kier alpha value is -2.82. The van der Waals surface area contributed by atoms with Crippen LogP contribution < -0.4 is 10.6 Å². The maximum absolute atomic E-state index is 11.9. The number of guanidine groups is 1. The Balaban J connectivity index is 1.58. The Labute approximate surface area is 180 Å². The molecule has 5 heteroatoms. The number of likely N-dealkylation sites (tertiary alicyclic amines) is 1. The third-order valence-electron chi connectivity index (χ3n) is 5.52. The Morgan fingerprint density at radius 2 is 1.90 bits per heavy atom. The molecule has 160 valence electrons. The molecule has 1 aliphatic rings. The van der Waals surface area contributed by atoms with E-state index in [4.69, 9.17) is 4.99 Å². The fourth-order valence-electron chi connectivity index (χ4n) is 3.69. The Morgan fingerprint density at radius 3 is 2.60 bits per heavy atom. The van der Waals surface area contributed by atoms with Crippen LogP contribution in [0.5, 0.6) is 0 Å². The van der Waals surface area contributed by atoms with E-state index in [1.165, 1.54) is 16.7 Å². The van der Waals surface area contributed by atoms with Gasteiger partial charge in [0.25, 0.3) is 0 Å². The number of aryl methyl sites for hydroxylation is 1. The summed E-state index contributed by atoms with van der Waals surface area (Å²) in [7, 11) is 0. The standard InChI is InChI=1S/C25H34N4O/c1-4-26-25(27-16-20(3)23-12-10-19(2)11-13-23)28-17-21-7-5-8-22(15-21)18-29-14-6-9-24(29)30/h5,7-8,10-13,15,20H,4,6,9,14,16-18H2,1-3H3,(H2,26,27,28). The number of rotatable bonds is 8. The minimum Gasteiger partial charge on any atom is -0.357 e. The third-order valence-corrected chi connectivity index (χ3v) is 5.52. The maximum atomic E-state index is 11.9. The lowest BCUT2D eigenvalue weighted by Crippen LogP contribution is -2.39. The highest BCUT2D eigenvalue weighted by Crippen LogP contribution is 2.16. The highest BCUT2D eigenvalue weighted by molar-refractivity contribution is 5.79. The summed E-state index contributed by atoms with van der Waals surface area (Å²) in [6.07, 6.45) is 1.66. The molecule has 2 aromatic rings. The van der Waals surface area contributed by atoms with Crippen LogP contribution in [0.3, 0.4) is 0 Å². The molecule has 2 aromatic carbocycles. The molecule has 1 saturated heterocycles. The number of amides is 1. The topological polar surface area (TPSA) is 56.7 Å². The zero-order valence-corrected chi connectivity index (χ0v) is 18.4. The molecule has 0 saturated carbocycles. The SMILES string of the molecule is CCNC(=NCc1cccc(CN2CCCC2=O)c1)NCC(C)c1ccc(C)cc1. The van der Waals surface area contributed by atoms with Crippen molar-refractivity contribution in [1.82, 2.24) is 15.5 Å². The predicted molar refractivity (Wildman–Crippen MR) is 124 cm³/mol. The van der Waals surface area contributed by atoms with Crippen molar-refractivity contribution in [2.45, 2.75) is 52.6 Å². The molecule has 1 aliphatic heterocycles. The molecule has 1 amide bonds. The molecule has 3 rings (SSSR count). The largest absolute Gasteiger partial charge is 0.357 e. The van der Waals surface area contributed by atoms with Gasteiger partial charge in [0.1, 0.15) is 0 Å². The van der Waals surface area contributed by atoms with Crippen LogP contribution in [-0.2, 0) is 17.9 Å².